The molecule has 1 N–H and O–H groups in total. The number of rotatable bonds is 10. The van der Waals surface area contributed by atoms with Gasteiger partial charge in [0.15, 0.2) is 6.61 Å². The standard InChI is InChI=1S/C30H26ClN3O6S/c1-3-34(4-2)41(37,38)25-17-22(15-16-24(25)31)30(36)39-19-26(35)33-29-23(18-32)27(20-11-7-5-8-12-20)28(40-29)21-13-9-6-10-14-21/h5-17H,3-4,19H2,1-2H3,(H,33,35). The molecule has 11 heteroatoms. The molecule has 210 valence electrons. The molecule has 41 heavy (non-hydrogen) atoms. The molecule has 0 aliphatic rings. The second kappa shape index (κ2) is 12.8. The highest BCUT2D eigenvalue weighted by molar-refractivity contribution is 7.89. The van der Waals surface area contributed by atoms with Gasteiger partial charge in [0.2, 0.25) is 15.9 Å². The lowest BCUT2D eigenvalue weighted by molar-refractivity contribution is -0.119. The Balaban J connectivity index is 1.56. The number of anilines is 1. The maximum atomic E-state index is 12.9. The van der Waals surface area contributed by atoms with E-state index in [2.05, 4.69) is 11.4 Å². The molecule has 0 atom stereocenters. The van der Waals surface area contributed by atoms with Crippen molar-refractivity contribution in [2.24, 2.45) is 0 Å². The first kappa shape index (κ1) is 29.6. The lowest BCUT2D eigenvalue weighted by Crippen LogP contribution is -2.31. The number of carbonyl (C=O) groups is 2. The first-order valence-corrected chi connectivity index (χ1v) is 14.5. The molecular formula is C30H26ClN3O6S. The number of hydrogen-bond acceptors (Lipinski definition) is 7. The predicted molar refractivity (Wildman–Crippen MR) is 155 cm³/mol. The van der Waals surface area contributed by atoms with Gasteiger partial charge in [-0.15, -0.1) is 0 Å². The molecule has 0 spiro atoms. The third-order valence-electron chi connectivity index (χ3n) is 6.20. The van der Waals surface area contributed by atoms with E-state index in [1.54, 1.807) is 13.8 Å². The molecule has 0 saturated carbocycles. The Labute approximate surface area is 243 Å². The summed E-state index contributed by atoms with van der Waals surface area (Å²) in [5.41, 5.74) is 1.94. The molecule has 0 aliphatic heterocycles. The Bertz CT molecular complexity index is 1710. The van der Waals surface area contributed by atoms with Crippen molar-refractivity contribution in [3.05, 3.63) is 95.0 Å². The molecule has 1 heterocycles. The summed E-state index contributed by atoms with van der Waals surface area (Å²) in [6, 6.07) is 24.1. The number of halogens is 1. The fourth-order valence-corrected chi connectivity index (χ4v) is 6.17. The summed E-state index contributed by atoms with van der Waals surface area (Å²) in [4.78, 5) is 25.3. The highest BCUT2D eigenvalue weighted by Gasteiger charge is 2.27. The zero-order chi connectivity index (χ0) is 29.6. The topological polar surface area (TPSA) is 130 Å². The van der Waals surface area contributed by atoms with Gasteiger partial charge in [0.25, 0.3) is 5.91 Å². The number of ether oxygens (including phenoxy) is 1. The first-order valence-electron chi connectivity index (χ1n) is 12.7. The third-order valence-corrected chi connectivity index (χ3v) is 8.73. The van der Waals surface area contributed by atoms with Crippen molar-refractivity contribution >= 4 is 39.4 Å². The number of carbonyl (C=O) groups excluding carboxylic acids is 2. The molecule has 0 saturated heterocycles. The molecule has 3 aromatic carbocycles. The summed E-state index contributed by atoms with van der Waals surface area (Å²) in [7, 11) is -3.94. The Hall–Kier alpha value is -4.43. The van der Waals surface area contributed by atoms with Gasteiger partial charge in [-0.3, -0.25) is 10.1 Å². The minimum absolute atomic E-state index is 0.0449. The van der Waals surface area contributed by atoms with Crippen LogP contribution in [0.4, 0.5) is 5.88 Å². The van der Waals surface area contributed by atoms with Crippen LogP contribution in [-0.2, 0) is 19.6 Å². The van der Waals surface area contributed by atoms with E-state index in [0.29, 0.717) is 16.9 Å². The number of furan rings is 1. The molecule has 0 radical (unpaired) electrons. The van der Waals surface area contributed by atoms with Gasteiger partial charge in [-0.1, -0.05) is 86.1 Å². The van der Waals surface area contributed by atoms with Crippen molar-refractivity contribution in [2.75, 3.05) is 25.0 Å². The van der Waals surface area contributed by atoms with Gasteiger partial charge < -0.3 is 9.15 Å². The first-order chi connectivity index (χ1) is 19.7. The number of sulfonamides is 1. The fraction of sp³-hybridized carbons (Fsp3) is 0.167. The highest BCUT2D eigenvalue weighted by Crippen LogP contribution is 2.41. The lowest BCUT2D eigenvalue weighted by Gasteiger charge is -2.19. The molecule has 0 bridgehead atoms. The van der Waals surface area contributed by atoms with Crippen LogP contribution in [0, 0.1) is 11.3 Å². The van der Waals surface area contributed by atoms with E-state index < -0.39 is 28.5 Å². The zero-order valence-electron chi connectivity index (χ0n) is 22.3. The summed E-state index contributed by atoms with van der Waals surface area (Å²) in [6.45, 7) is 3.10. The quantitative estimate of drug-likeness (QED) is 0.225. The molecule has 0 fully saturated rings. The number of benzene rings is 3. The zero-order valence-corrected chi connectivity index (χ0v) is 23.8. The Morgan fingerprint density at radius 1 is 0.976 bits per heavy atom. The maximum Gasteiger partial charge on any atom is 0.338 e. The van der Waals surface area contributed by atoms with Crippen molar-refractivity contribution < 1.29 is 27.2 Å². The SMILES string of the molecule is CCN(CC)S(=O)(=O)c1cc(C(=O)OCC(=O)Nc2oc(-c3ccccc3)c(-c3ccccc3)c2C#N)ccc1Cl. The number of nitrogens with one attached hydrogen (secondary N) is 1. The van der Waals surface area contributed by atoms with Crippen molar-refractivity contribution in [2.45, 2.75) is 18.7 Å². The van der Waals surface area contributed by atoms with Crippen molar-refractivity contribution in [3.8, 4) is 28.5 Å². The smallest absolute Gasteiger partial charge is 0.338 e. The van der Waals surface area contributed by atoms with E-state index in [0.717, 1.165) is 11.6 Å². The van der Waals surface area contributed by atoms with Gasteiger partial charge in [0, 0.05) is 24.2 Å². The monoisotopic (exact) mass is 591 g/mol. The maximum absolute atomic E-state index is 12.9. The third kappa shape index (κ3) is 6.33. The van der Waals surface area contributed by atoms with Gasteiger partial charge in [-0.25, -0.2) is 13.2 Å². The lowest BCUT2D eigenvalue weighted by atomic mass is 9.98. The van der Waals surface area contributed by atoms with Gasteiger partial charge in [-0.2, -0.15) is 9.57 Å². The number of amides is 1. The Morgan fingerprint density at radius 2 is 1.59 bits per heavy atom. The van der Waals surface area contributed by atoms with Crippen molar-refractivity contribution in [1.29, 1.82) is 5.26 Å². The molecule has 0 unspecified atom stereocenters. The summed E-state index contributed by atoms with van der Waals surface area (Å²) < 4.78 is 38.2. The van der Waals surface area contributed by atoms with E-state index >= 15 is 0 Å². The number of hydrogen-bond donors (Lipinski definition) is 1. The second-order valence-corrected chi connectivity index (χ2v) is 11.0. The van der Waals surface area contributed by atoms with E-state index in [4.69, 9.17) is 20.8 Å². The average molecular weight is 592 g/mol. The minimum atomic E-state index is -3.94. The number of nitrogens with zero attached hydrogens (tertiary/aromatic N) is 2. The molecule has 1 aromatic heterocycles. The van der Waals surface area contributed by atoms with Crippen molar-refractivity contribution in [1.82, 2.24) is 4.31 Å². The Kier molecular flexibility index (Phi) is 9.24. The van der Waals surface area contributed by atoms with Gasteiger partial charge in [-0.05, 0) is 23.8 Å². The van der Waals surface area contributed by atoms with Gasteiger partial charge >= 0.3 is 5.97 Å². The summed E-state index contributed by atoms with van der Waals surface area (Å²) >= 11 is 6.13. The summed E-state index contributed by atoms with van der Waals surface area (Å²) in [5.74, 6) is -1.38. The molecular weight excluding hydrogens is 566 g/mol. The number of esters is 1. The van der Waals surface area contributed by atoms with Crippen LogP contribution in [0.5, 0.6) is 0 Å². The van der Waals surface area contributed by atoms with Crippen LogP contribution in [0.15, 0.2) is 88.2 Å². The van der Waals surface area contributed by atoms with E-state index in [1.807, 2.05) is 60.7 Å². The Morgan fingerprint density at radius 3 is 2.17 bits per heavy atom. The van der Waals surface area contributed by atoms with Crippen LogP contribution in [0.2, 0.25) is 5.02 Å². The largest absolute Gasteiger partial charge is 0.452 e. The normalized spacial score (nSPS) is 11.2. The highest BCUT2D eigenvalue weighted by atomic mass is 35.5. The van der Waals surface area contributed by atoms with Crippen LogP contribution in [0.3, 0.4) is 0 Å². The van der Waals surface area contributed by atoms with Crippen LogP contribution in [-0.4, -0.2) is 44.3 Å². The predicted octanol–water partition coefficient (Wildman–Crippen LogP) is 5.96. The average Bonchev–Trinajstić information content (AvgIpc) is 3.35. The molecule has 0 aliphatic carbocycles. The molecule has 1 amide bonds. The van der Waals surface area contributed by atoms with Crippen LogP contribution >= 0.6 is 11.6 Å². The second-order valence-electron chi connectivity index (χ2n) is 8.71. The van der Waals surface area contributed by atoms with Gasteiger partial charge in [0.1, 0.15) is 22.3 Å². The molecule has 9 nitrogen and oxygen atoms in total. The summed E-state index contributed by atoms with van der Waals surface area (Å²) in [6.07, 6.45) is 0. The fourth-order valence-electron chi connectivity index (χ4n) is 4.21. The summed E-state index contributed by atoms with van der Waals surface area (Å²) in [5, 5.41) is 12.4. The number of nitriles is 1. The minimum Gasteiger partial charge on any atom is -0.452 e. The van der Waals surface area contributed by atoms with E-state index in [9.17, 15) is 23.3 Å². The van der Waals surface area contributed by atoms with Crippen LogP contribution in [0.25, 0.3) is 22.5 Å². The van der Waals surface area contributed by atoms with E-state index in [-0.39, 0.29) is 40.0 Å². The van der Waals surface area contributed by atoms with Gasteiger partial charge in [0.05, 0.1) is 10.6 Å². The van der Waals surface area contributed by atoms with E-state index in [1.165, 1.54) is 16.4 Å². The molecule has 4 aromatic rings. The molecule has 4 rings (SSSR count). The van der Waals surface area contributed by atoms with Crippen LogP contribution < -0.4 is 5.32 Å². The van der Waals surface area contributed by atoms with Crippen molar-refractivity contribution in [3.63, 3.8) is 0 Å². The van der Waals surface area contributed by atoms with Crippen LogP contribution in [0.1, 0.15) is 29.8 Å².